The number of carboxylic acids is 1. The summed E-state index contributed by atoms with van der Waals surface area (Å²) in [4.78, 5) is 10.8. The zero-order chi connectivity index (χ0) is 10.6. The molecule has 0 amide bonds. The van der Waals surface area contributed by atoms with Crippen molar-refractivity contribution in [3.8, 4) is 11.5 Å². The standard InChI is InChI=1S/C11H10O4.Na/c1-11-8(10(12)13)9(11)14-6-4-2-3-5-7(6)15-11;/h2-5,8-9H,1H3,(H,12,13);/q;+1/p-1. The summed E-state index contributed by atoms with van der Waals surface area (Å²) in [7, 11) is 0. The Balaban J connectivity index is 0.000000963. The average molecular weight is 228 g/mol. The first-order valence-electron chi connectivity index (χ1n) is 4.78. The SMILES string of the molecule is CC12Oc3ccccc3OC1C2C(=O)[O-].[Na+]. The van der Waals surface area contributed by atoms with Gasteiger partial charge in [-0.2, -0.15) is 0 Å². The van der Waals surface area contributed by atoms with E-state index in [4.69, 9.17) is 9.47 Å². The Labute approximate surface area is 115 Å². The van der Waals surface area contributed by atoms with Gasteiger partial charge in [0.1, 0.15) is 0 Å². The van der Waals surface area contributed by atoms with E-state index in [2.05, 4.69) is 0 Å². The first kappa shape index (κ1) is 11.8. The largest absolute Gasteiger partial charge is 1.00 e. The van der Waals surface area contributed by atoms with Gasteiger partial charge in [-0.3, -0.25) is 0 Å². The van der Waals surface area contributed by atoms with Crippen LogP contribution in [-0.4, -0.2) is 17.7 Å². The van der Waals surface area contributed by atoms with Gasteiger partial charge in [0.2, 0.25) is 0 Å². The fraction of sp³-hybridized carbons (Fsp3) is 0.364. The van der Waals surface area contributed by atoms with E-state index in [0.29, 0.717) is 11.5 Å². The third kappa shape index (κ3) is 1.44. The maximum absolute atomic E-state index is 10.8. The molecule has 0 radical (unpaired) electrons. The smallest absolute Gasteiger partial charge is 0.550 e. The van der Waals surface area contributed by atoms with E-state index in [1.165, 1.54) is 0 Å². The van der Waals surface area contributed by atoms with E-state index in [0.717, 1.165) is 0 Å². The molecule has 3 unspecified atom stereocenters. The molecule has 2 aliphatic rings. The van der Waals surface area contributed by atoms with Gasteiger partial charge in [0.15, 0.2) is 23.2 Å². The van der Waals surface area contributed by atoms with Crippen LogP contribution in [0.4, 0.5) is 0 Å². The molecule has 1 aromatic carbocycles. The third-order valence-electron chi connectivity index (χ3n) is 3.06. The summed E-state index contributed by atoms with van der Waals surface area (Å²) in [6.45, 7) is 1.73. The van der Waals surface area contributed by atoms with Crippen LogP contribution < -0.4 is 44.1 Å². The Morgan fingerprint density at radius 2 is 2.00 bits per heavy atom. The zero-order valence-corrected chi connectivity index (χ0v) is 11.1. The Bertz CT molecular complexity index is 447. The minimum Gasteiger partial charge on any atom is -0.550 e. The Hall–Kier alpha value is -0.710. The van der Waals surface area contributed by atoms with Crippen LogP contribution in [0.25, 0.3) is 0 Å². The summed E-state index contributed by atoms with van der Waals surface area (Å²) >= 11 is 0. The van der Waals surface area contributed by atoms with Gasteiger partial charge in [-0.1, -0.05) is 12.1 Å². The number of hydrogen-bond donors (Lipinski definition) is 0. The van der Waals surface area contributed by atoms with Crippen LogP contribution in [0.15, 0.2) is 24.3 Å². The van der Waals surface area contributed by atoms with Crippen LogP contribution in [0.3, 0.4) is 0 Å². The van der Waals surface area contributed by atoms with E-state index in [1.807, 2.05) is 12.1 Å². The number of ether oxygens (including phenoxy) is 2. The number of benzene rings is 1. The molecular weight excluding hydrogens is 219 g/mol. The topological polar surface area (TPSA) is 58.6 Å². The van der Waals surface area contributed by atoms with Gasteiger partial charge in [0.05, 0.1) is 11.9 Å². The van der Waals surface area contributed by atoms with E-state index in [1.54, 1.807) is 19.1 Å². The van der Waals surface area contributed by atoms with E-state index in [-0.39, 0.29) is 29.6 Å². The minimum absolute atomic E-state index is 0. The fourth-order valence-electron chi connectivity index (χ4n) is 2.12. The number of rotatable bonds is 1. The summed E-state index contributed by atoms with van der Waals surface area (Å²) in [5.41, 5.74) is -0.757. The Morgan fingerprint density at radius 3 is 2.62 bits per heavy atom. The van der Waals surface area contributed by atoms with Crippen molar-refractivity contribution in [2.24, 2.45) is 5.92 Å². The van der Waals surface area contributed by atoms with Crippen molar-refractivity contribution in [2.75, 3.05) is 0 Å². The van der Waals surface area contributed by atoms with Crippen LogP contribution in [0.1, 0.15) is 6.92 Å². The zero-order valence-electron chi connectivity index (χ0n) is 9.10. The van der Waals surface area contributed by atoms with Gasteiger partial charge in [-0.15, -0.1) is 0 Å². The number of aliphatic carboxylic acids is 1. The maximum atomic E-state index is 10.8. The molecule has 78 valence electrons. The molecule has 1 aromatic rings. The predicted molar refractivity (Wildman–Crippen MR) is 48.4 cm³/mol. The van der Waals surface area contributed by atoms with Gasteiger partial charge in [0, 0.05) is 0 Å². The average Bonchev–Trinajstić information content (AvgIpc) is 2.78. The molecule has 0 saturated heterocycles. The summed E-state index contributed by atoms with van der Waals surface area (Å²) in [5, 5.41) is 10.8. The minimum atomic E-state index is -1.12. The van der Waals surface area contributed by atoms with E-state index >= 15 is 0 Å². The van der Waals surface area contributed by atoms with Crippen molar-refractivity contribution in [2.45, 2.75) is 18.6 Å². The molecule has 3 atom stereocenters. The predicted octanol–water partition coefficient (Wildman–Crippen LogP) is -3.03. The molecule has 1 aliphatic carbocycles. The van der Waals surface area contributed by atoms with Crippen molar-refractivity contribution >= 4 is 5.97 Å². The van der Waals surface area contributed by atoms with Crippen molar-refractivity contribution in [1.29, 1.82) is 0 Å². The van der Waals surface area contributed by atoms with Gasteiger partial charge < -0.3 is 19.4 Å². The van der Waals surface area contributed by atoms with Crippen LogP contribution in [0.5, 0.6) is 11.5 Å². The summed E-state index contributed by atoms with van der Waals surface area (Å²) in [5.74, 6) is -0.594. The molecule has 1 saturated carbocycles. The van der Waals surface area contributed by atoms with E-state index in [9.17, 15) is 9.90 Å². The van der Waals surface area contributed by atoms with Crippen molar-refractivity contribution in [3.05, 3.63) is 24.3 Å². The van der Waals surface area contributed by atoms with Crippen LogP contribution in [-0.2, 0) is 4.79 Å². The van der Waals surface area contributed by atoms with Crippen molar-refractivity contribution in [3.63, 3.8) is 0 Å². The molecule has 16 heavy (non-hydrogen) atoms. The molecular formula is C11H9NaO4. The number of fused-ring (bicyclic) bond motifs is 2. The number of carbonyl (C=O) groups is 1. The van der Waals surface area contributed by atoms with Crippen LogP contribution in [0.2, 0.25) is 0 Å². The second-order valence-electron chi connectivity index (χ2n) is 4.07. The maximum Gasteiger partial charge on any atom is 1.00 e. The molecule has 1 heterocycles. The quantitative estimate of drug-likeness (QED) is 0.480. The van der Waals surface area contributed by atoms with Gasteiger partial charge >= 0.3 is 29.6 Å². The summed E-state index contributed by atoms with van der Waals surface area (Å²) < 4.78 is 11.2. The third-order valence-corrected chi connectivity index (χ3v) is 3.06. The molecule has 4 nitrogen and oxygen atoms in total. The van der Waals surface area contributed by atoms with Crippen molar-refractivity contribution < 1.29 is 48.9 Å². The second kappa shape index (κ2) is 3.65. The number of hydrogen-bond acceptors (Lipinski definition) is 4. The van der Waals surface area contributed by atoms with Gasteiger partial charge in [-0.05, 0) is 19.1 Å². The van der Waals surface area contributed by atoms with Crippen molar-refractivity contribution in [1.82, 2.24) is 0 Å². The molecule has 0 aromatic heterocycles. The molecule has 1 aliphatic heterocycles. The summed E-state index contributed by atoms with van der Waals surface area (Å²) in [6, 6.07) is 7.17. The molecule has 0 spiro atoms. The monoisotopic (exact) mass is 228 g/mol. The molecule has 0 N–H and O–H groups in total. The summed E-state index contributed by atoms with van der Waals surface area (Å²) in [6.07, 6.45) is -0.419. The molecule has 5 heteroatoms. The van der Waals surface area contributed by atoms with Crippen LogP contribution in [0, 0.1) is 5.92 Å². The van der Waals surface area contributed by atoms with Gasteiger partial charge in [-0.25, -0.2) is 0 Å². The van der Waals surface area contributed by atoms with Crippen LogP contribution >= 0.6 is 0 Å². The van der Waals surface area contributed by atoms with Gasteiger partial charge in [0.25, 0.3) is 0 Å². The molecule has 3 rings (SSSR count). The fourth-order valence-corrected chi connectivity index (χ4v) is 2.12. The van der Waals surface area contributed by atoms with E-state index < -0.39 is 23.6 Å². The first-order valence-corrected chi connectivity index (χ1v) is 4.78. The first-order chi connectivity index (χ1) is 7.13. The number of carbonyl (C=O) groups excluding carboxylic acids is 1. The second-order valence-corrected chi connectivity index (χ2v) is 4.07. The Kier molecular flexibility index (Phi) is 2.69. The molecule has 0 bridgehead atoms. The molecule has 1 fully saturated rings. The number of para-hydroxylation sites is 2. The normalized spacial score (nSPS) is 33.3. The Morgan fingerprint density at radius 1 is 1.38 bits per heavy atom. The number of carboxylic acid groups (broad SMARTS) is 1.